The van der Waals surface area contributed by atoms with Crippen LogP contribution in [0.25, 0.3) is 17.1 Å². The van der Waals surface area contributed by atoms with Crippen LogP contribution in [0.5, 0.6) is 11.5 Å². The maximum absolute atomic E-state index is 12.9. The van der Waals surface area contributed by atoms with Crippen molar-refractivity contribution in [2.24, 2.45) is 11.0 Å². The number of hydrazone groups is 1. The van der Waals surface area contributed by atoms with Gasteiger partial charge < -0.3 is 15.2 Å². The van der Waals surface area contributed by atoms with Crippen molar-refractivity contribution >= 4 is 17.9 Å². The summed E-state index contributed by atoms with van der Waals surface area (Å²) >= 11 is 0. The molecular formula is C19H20N8O4. The van der Waals surface area contributed by atoms with Crippen LogP contribution in [0.2, 0.25) is 0 Å². The standard InChI is InChI=1S/C19H20N8O4/c20-17-18(25-31-24-17)27-16(12-6-7-13-14(8-12)30-10-29-13)15(22-26-27)19(28)23-21-9-11-4-2-1-3-5-11/h6-9,11H,1-5,10H2,(H2,20,24)(H,23,28). The quantitative estimate of drug-likeness (QED) is 0.461. The maximum atomic E-state index is 12.9. The molecular weight excluding hydrogens is 404 g/mol. The summed E-state index contributed by atoms with van der Waals surface area (Å²) in [6, 6.07) is 5.22. The minimum absolute atomic E-state index is 0.00849. The van der Waals surface area contributed by atoms with E-state index in [-0.39, 0.29) is 24.1 Å². The van der Waals surface area contributed by atoms with Crippen molar-refractivity contribution in [2.45, 2.75) is 32.1 Å². The fourth-order valence-electron chi connectivity index (χ4n) is 3.76. The molecule has 31 heavy (non-hydrogen) atoms. The number of hydrogen-bond donors (Lipinski definition) is 2. The third-order valence-corrected chi connectivity index (χ3v) is 5.33. The second-order valence-electron chi connectivity index (χ2n) is 7.36. The molecule has 0 bridgehead atoms. The zero-order chi connectivity index (χ0) is 21.2. The van der Waals surface area contributed by atoms with Gasteiger partial charge in [-0.25, -0.2) is 10.1 Å². The molecule has 1 aliphatic carbocycles. The molecule has 2 aliphatic rings. The summed E-state index contributed by atoms with van der Waals surface area (Å²) in [5.41, 5.74) is 9.36. The number of ether oxygens (including phenoxy) is 2. The third kappa shape index (κ3) is 3.67. The zero-order valence-corrected chi connectivity index (χ0v) is 16.5. The largest absolute Gasteiger partial charge is 0.454 e. The van der Waals surface area contributed by atoms with Gasteiger partial charge in [-0.15, -0.1) is 5.10 Å². The Kier molecular flexibility index (Phi) is 4.94. The number of anilines is 1. The minimum atomic E-state index is -0.513. The van der Waals surface area contributed by atoms with Gasteiger partial charge in [0.25, 0.3) is 5.91 Å². The van der Waals surface area contributed by atoms with Crippen LogP contribution in [0.1, 0.15) is 42.6 Å². The van der Waals surface area contributed by atoms with Gasteiger partial charge in [0.15, 0.2) is 17.2 Å². The summed E-state index contributed by atoms with van der Waals surface area (Å²) in [6.45, 7) is 0.125. The fraction of sp³-hybridized carbons (Fsp3) is 0.368. The number of carbonyl (C=O) groups excluding carboxylic acids is 1. The van der Waals surface area contributed by atoms with Gasteiger partial charge in [0.05, 0.1) is 0 Å². The van der Waals surface area contributed by atoms with Crippen LogP contribution < -0.4 is 20.6 Å². The summed E-state index contributed by atoms with van der Waals surface area (Å²) in [4.78, 5) is 12.9. The van der Waals surface area contributed by atoms with E-state index in [4.69, 9.17) is 15.2 Å². The molecule has 1 aromatic carbocycles. The van der Waals surface area contributed by atoms with Crippen LogP contribution in [0.4, 0.5) is 5.82 Å². The molecule has 2 aromatic heterocycles. The Morgan fingerprint density at radius 1 is 1.19 bits per heavy atom. The fourth-order valence-corrected chi connectivity index (χ4v) is 3.76. The number of nitrogens with zero attached hydrogens (tertiary/aromatic N) is 6. The molecule has 1 aliphatic heterocycles. The Morgan fingerprint density at radius 2 is 2.03 bits per heavy atom. The lowest BCUT2D eigenvalue weighted by molar-refractivity contribution is 0.0950. The maximum Gasteiger partial charge on any atom is 0.294 e. The number of hydrogen-bond acceptors (Lipinski definition) is 10. The third-order valence-electron chi connectivity index (χ3n) is 5.33. The summed E-state index contributed by atoms with van der Waals surface area (Å²) in [5, 5.41) is 19.6. The topological polar surface area (TPSA) is 156 Å². The number of nitrogen functional groups attached to an aromatic ring is 1. The molecule has 3 heterocycles. The van der Waals surface area contributed by atoms with E-state index in [1.54, 1.807) is 24.4 Å². The van der Waals surface area contributed by atoms with Crippen molar-refractivity contribution in [2.75, 3.05) is 12.5 Å². The van der Waals surface area contributed by atoms with Crippen LogP contribution in [0.15, 0.2) is 27.9 Å². The second-order valence-corrected chi connectivity index (χ2v) is 7.36. The van der Waals surface area contributed by atoms with Crippen molar-refractivity contribution in [1.29, 1.82) is 0 Å². The molecule has 3 aromatic rings. The van der Waals surface area contributed by atoms with E-state index >= 15 is 0 Å². The number of rotatable bonds is 5. The van der Waals surface area contributed by atoms with Crippen LogP contribution >= 0.6 is 0 Å². The van der Waals surface area contributed by atoms with Crippen molar-refractivity contribution in [3.63, 3.8) is 0 Å². The van der Waals surface area contributed by atoms with E-state index < -0.39 is 5.91 Å². The predicted octanol–water partition coefficient (Wildman–Crippen LogP) is 1.92. The Bertz CT molecular complexity index is 1130. The van der Waals surface area contributed by atoms with Crippen molar-refractivity contribution in [3.8, 4) is 28.6 Å². The average Bonchev–Trinajstić information content (AvgIpc) is 3.52. The highest BCUT2D eigenvalue weighted by Gasteiger charge is 2.27. The predicted molar refractivity (Wildman–Crippen MR) is 108 cm³/mol. The molecule has 5 rings (SSSR count). The van der Waals surface area contributed by atoms with Gasteiger partial charge >= 0.3 is 0 Å². The van der Waals surface area contributed by atoms with Gasteiger partial charge in [0.2, 0.25) is 18.4 Å². The molecule has 1 fully saturated rings. The van der Waals surface area contributed by atoms with Crippen LogP contribution in [-0.2, 0) is 0 Å². The average molecular weight is 424 g/mol. The van der Waals surface area contributed by atoms with Gasteiger partial charge in [0.1, 0.15) is 5.69 Å². The number of carbonyl (C=O) groups is 1. The van der Waals surface area contributed by atoms with E-state index in [2.05, 4.69) is 35.8 Å². The number of fused-ring (bicyclic) bond motifs is 1. The Morgan fingerprint density at radius 3 is 2.84 bits per heavy atom. The van der Waals surface area contributed by atoms with Crippen LogP contribution in [0.3, 0.4) is 0 Å². The first-order valence-corrected chi connectivity index (χ1v) is 9.98. The molecule has 1 amide bonds. The Labute approximate surface area is 176 Å². The zero-order valence-electron chi connectivity index (χ0n) is 16.5. The molecule has 12 nitrogen and oxygen atoms in total. The van der Waals surface area contributed by atoms with Gasteiger partial charge in [-0.05, 0) is 47.3 Å². The number of benzene rings is 1. The Balaban J connectivity index is 1.48. The molecule has 3 N–H and O–H groups in total. The van der Waals surface area contributed by atoms with Gasteiger partial charge in [-0.1, -0.05) is 24.5 Å². The molecule has 0 radical (unpaired) electrons. The van der Waals surface area contributed by atoms with E-state index in [0.29, 0.717) is 28.7 Å². The molecule has 1 saturated carbocycles. The van der Waals surface area contributed by atoms with Crippen molar-refractivity contribution in [1.82, 2.24) is 30.7 Å². The monoisotopic (exact) mass is 424 g/mol. The van der Waals surface area contributed by atoms with Gasteiger partial charge in [-0.2, -0.15) is 9.78 Å². The highest BCUT2D eigenvalue weighted by Crippen LogP contribution is 2.37. The van der Waals surface area contributed by atoms with Crippen molar-refractivity contribution < 1.29 is 18.9 Å². The lowest BCUT2D eigenvalue weighted by atomic mass is 9.90. The number of nitrogens with two attached hydrogens (primary N) is 1. The molecule has 0 saturated heterocycles. The number of amides is 1. The van der Waals surface area contributed by atoms with E-state index in [1.807, 2.05) is 0 Å². The summed E-state index contributed by atoms with van der Waals surface area (Å²) in [6.07, 6.45) is 7.56. The lowest BCUT2D eigenvalue weighted by Crippen LogP contribution is -2.20. The number of nitrogens with one attached hydrogen (secondary N) is 1. The van der Waals surface area contributed by atoms with E-state index in [0.717, 1.165) is 12.8 Å². The molecule has 0 unspecified atom stereocenters. The highest BCUT2D eigenvalue weighted by molar-refractivity contribution is 5.98. The summed E-state index contributed by atoms with van der Waals surface area (Å²) in [7, 11) is 0. The molecule has 12 heteroatoms. The highest BCUT2D eigenvalue weighted by atomic mass is 16.7. The molecule has 160 valence electrons. The van der Waals surface area contributed by atoms with Gasteiger partial charge in [-0.3, -0.25) is 4.79 Å². The molecule has 0 atom stereocenters. The smallest absolute Gasteiger partial charge is 0.294 e. The second kappa shape index (κ2) is 8.05. The summed E-state index contributed by atoms with van der Waals surface area (Å²) < 4.78 is 16.8. The first-order chi connectivity index (χ1) is 15.2. The normalized spacial score (nSPS) is 16.1. The minimum Gasteiger partial charge on any atom is -0.454 e. The lowest BCUT2D eigenvalue weighted by Gasteiger charge is -2.16. The van der Waals surface area contributed by atoms with Crippen LogP contribution in [0, 0.1) is 5.92 Å². The summed E-state index contributed by atoms with van der Waals surface area (Å²) in [5.74, 6) is 1.13. The SMILES string of the molecule is Nc1nonc1-n1nnc(C(=O)NN=CC2CCCCC2)c1-c1ccc2c(c1)OCO2. The van der Waals surface area contributed by atoms with Gasteiger partial charge in [0, 0.05) is 11.8 Å². The first-order valence-electron chi connectivity index (χ1n) is 9.98. The molecule has 0 spiro atoms. The Hall–Kier alpha value is -3.96. The van der Waals surface area contributed by atoms with Crippen LogP contribution in [-0.4, -0.2) is 44.2 Å². The first kappa shape index (κ1) is 19.0. The van der Waals surface area contributed by atoms with E-state index in [9.17, 15) is 4.79 Å². The number of aromatic nitrogens is 5. The van der Waals surface area contributed by atoms with E-state index in [1.165, 1.54) is 23.9 Å². The van der Waals surface area contributed by atoms with Crippen molar-refractivity contribution in [3.05, 3.63) is 23.9 Å².